The van der Waals surface area contributed by atoms with Gasteiger partial charge in [0.2, 0.25) is 0 Å². The van der Waals surface area contributed by atoms with Gasteiger partial charge < -0.3 is 0 Å². The summed E-state index contributed by atoms with van der Waals surface area (Å²) in [5.74, 6) is 0. The predicted octanol–water partition coefficient (Wildman–Crippen LogP) is 4.78. The number of hydrogen-bond donors (Lipinski definition) is 0. The van der Waals surface area contributed by atoms with Crippen molar-refractivity contribution in [3.63, 3.8) is 0 Å². The van der Waals surface area contributed by atoms with Crippen molar-refractivity contribution in [3.8, 4) is 6.07 Å². The molecule has 0 N–H and O–H groups in total. The van der Waals surface area contributed by atoms with Crippen LogP contribution in [-0.2, 0) is 0 Å². The molecule has 2 aromatic rings. The Kier molecular flexibility index (Phi) is 3.88. The number of hydrogen-bond acceptors (Lipinski definition) is 2. The monoisotopic (exact) mass is 303 g/mol. The Bertz CT molecular complexity index is 570. The number of benzene rings is 2. The zero-order valence-electron chi connectivity index (χ0n) is 9.27. The summed E-state index contributed by atoms with van der Waals surface area (Å²) in [4.78, 5) is 2.33. The molecule has 0 aromatic heterocycles. The Morgan fingerprint density at radius 1 is 1.06 bits per heavy atom. The molecule has 0 bridgehead atoms. The highest BCUT2D eigenvalue weighted by Crippen LogP contribution is 2.30. The number of rotatable bonds is 2. The minimum absolute atomic E-state index is 0.665. The van der Waals surface area contributed by atoms with Crippen molar-refractivity contribution < 1.29 is 0 Å². The van der Waals surface area contributed by atoms with Gasteiger partial charge in [0.25, 0.3) is 0 Å². The fraction of sp³-hybridized carbons (Fsp3) is 0.0714. The normalized spacial score (nSPS) is 9.94. The van der Waals surface area contributed by atoms with E-state index in [2.05, 4.69) is 53.2 Å². The summed E-state index contributed by atoms with van der Waals surface area (Å²) in [6.07, 6.45) is 0. The number of nitrogens with zero attached hydrogens (tertiary/aromatic N) is 1. The highest BCUT2D eigenvalue weighted by atomic mass is 79.9. The second-order valence-corrected chi connectivity index (χ2v) is 5.67. The summed E-state index contributed by atoms with van der Waals surface area (Å²) >= 11 is 5.09. The molecule has 2 aromatic carbocycles. The molecule has 1 nitrogen and oxygen atoms in total. The van der Waals surface area contributed by atoms with E-state index in [0.717, 1.165) is 9.37 Å². The summed E-state index contributed by atoms with van der Waals surface area (Å²) in [7, 11) is 0. The fourth-order valence-corrected chi connectivity index (χ4v) is 2.87. The third-order valence-corrected chi connectivity index (χ3v) is 3.97. The summed E-state index contributed by atoms with van der Waals surface area (Å²) in [6.45, 7) is 2.08. The van der Waals surface area contributed by atoms with E-state index in [1.54, 1.807) is 11.8 Å². The maximum absolute atomic E-state index is 8.84. The van der Waals surface area contributed by atoms with Gasteiger partial charge in [0, 0.05) is 14.3 Å². The number of aryl methyl sites for hydroxylation is 1. The molecule has 0 spiro atoms. The van der Waals surface area contributed by atoms with Crippen LogP contribution in [0.5, 0.6) is 0 Å². The quantitative estimate of drug-likeness (QED) is 0.797. The molecule has 84 valence electrons. The highest BCUT2D eigenvalue weighted by Gasteiger charge is 2.02. The maximum atomic E-state index is 8.84. The largest absolute Gasteiger partial charge is 0.192 e. The van der Waals surface area contributed by atoms with Crippen LogP contribution in [0.1, 0.15) is 11.1 Å². The van der Waals surface area contributed by atoms with Crippen molar-refractivity contribution in [2.45, 2.75) is 16.7 Å². The Labute approximate surface area is 114 Å². The molecule has 17 heavy (non-hydrogen) atoms. The van der Waals surface area contributed by atoms with Gasteiger partial charge in [-0.15, -0.1) is 0 Å². The van der Waals surface area contributed by atoms with E-state index in [0.29, 0.717) is 5.56 Å². The van der Waals surface area contributed by atoms with E-state index in [9.17, 15) is 0 Å². The summed E-state index contributed by atoms with van der Waals surface area (Å²) < 4.78 is 0.845. The zero-order chi connectivity index (χ0) is 12.3. The molecule has 0 radical (unpaired) electrons. The molecular formula is C14H10BrNS. The van der Waals surface area contributed by atoms with Crippen LogP contribution in [0.15, 0.2) is 56.7 Å². The SMILES string of the molecule is Cc1ccc(Sc2ccc(C#N)c(Br)c2)cc1. The van der Waals surface area contributed by atoms with Gasteiger partial charge in [-0.3, -0.25) is 0 Å². The smallest absolute Gasteiger partial charge is 0.100 e. The molecule has 2 rings (SSSR count). The Morgan fingerprint density at radius 2 is 1.71 bits per heavy atom. The molecular weight excluding hydrogens is 294 g/mol. The molecule has 0 saturated heterocycles. The topological polar surface area (TPSA) is 23.8 Å². The van der Waals surface area contributed by atoms with E-state index in [4.69, 9.17) is 5.26 Å². The van der Waals surface area contributed by atoms with Crippen LogP contribution >= 0.6 is 27.7 Å². The van der Waals surface area contributed by atoms with Crippen molar-refractivity contribution in [2.24, 2.45) is 0 Å². The molecule has 0 fully saturated rings. The summed E-state index contributed by atoms with van der Waals surface area (Å²) in [5, 5.41) is 8.84. The molecule has 0 unspecified atom stereocenters. The van der Waals surface area contributed by atoms with Gasteiger partial charge in [-0.05, 0) is 53.2 Å². The van der Waals surface area contributed by atoms with Gasteiger partial charge in [-0.2, -0.15) is 5.26 Å². The van der Waals surface area contributed by atoms with Crippen molar-refractivity contribution >= 4 is 27.7 Å². The van der Waals surface area contributed by atoms with Crippen molar-refractivity contribution in [1.29, 1.82) is 5.26 Å². The summed E-state index contributed by atoms with van der Waals surface area (Å²) in [5.41, 5.74) is 1.92. The predicted molar refractivity (Wildman–Crippen MR) is 74.2 cm³/mol. The van der Waals surface area contributed by atoms with Crippen molar-refractivity contribution in [1.82, 2.24) is 0 Å². The van der Waals surface area contributed by atoms with E-state index >= 15 is 0 Å². The summed E-state index contributed by atoms with van der Waals surface area (Å²) in [6, 6.07) is 16.3. The molecule has 0 atom stereocenters. The minimum atomic E-state index is 0.665. The van der Waals surface area contributed by atoms with E-state index < -0.39 is 0 Å². The van der Waals surface area contributed by atoms with Crippen LogP contribution in [0.3, 0.4) is 0 Å². The van der Waals surface area contributed by atoms with Crippen LogP contribution < -0.4 is 0 Å². The van der Waals surface area contributed by atoms with Crippen LogP contribution in [0.4, 0.5) is 0 Å². The lowest BCUT2D eigenvalue weighted by molar-refractivity contribution is 1.34. The second-order valence-electron chi connectivity index (χ2n) is 3.67. The number of halogens is 1. The Hall–Kier alpha value is -1.24. The van der Waals surface area contributed by atoms with Gasteiger partial charge in [0.15, 0.2) is 0 Å². The fourth-order valence-electron chi connectivity index (χ4n) is 1.39. The lowest BCUT2D eigenvalue weighted by Gasteiger charge is -2.03. The van der Waals surface area contributed by atoms with Gasteiger partial charge in [0.1, 0.15) is 6.07 Å². The van der Waals surface area contributed by atoms with Gasteiger partial charge in [-0.1, -0.05) is 29.5 Å². The van der Waals surface area contributed by atoms with E-state index in [1.165, 1.54) is 10.5 Å². The Balaban J connectivity index is 2.22. The van der Waals surface area contributed by atoms with Crippen LogP contribution in [0, 0.1) is 18.3 Å². The number of nitriles is 1. The average molecular weight is 304 g/mol. The minimum Gasteiger partial charge on any atom is -0.192 e. The van der Waals surface area contributed by atoms with Gasteiger partial charge in [-0.25, -0.2) is 0 Å². The molecule has 0 saturated carbocycles. The zero-order valence-corrected chi connectivity index (χ0v) is 11.7. The first-order valence-corrected chi connectivity index (χ1v) is 6.74. The Morgan fingerprint density at radius 3 is 2.29 bits per heavy atom. The van der Waals surface area contributed by atoms with Gasteiger partial charge >= 0.3 is 0 Å². The molecule has 0 amide bonds. The standard InChI is InChI=1S/C14H10BrNS/c1-10-2-5-12(6-3-10)17-13-7-4-11(9-16)14(15)8-13/h2-8H,1H3. The van der Waals surface area contributed by atoms with Crippen LogP contribution in [0.2, 0.25) is 0 Å². The highest BCUT2D eigenvalue weighted by molar-refractivity contribution is 9.10. The van der Waals surface area contributed by atoms with Crippen molar-refractivity contribution in [3.05, 3.63) is 58.1 Å². The van der Waals surface area contributed by atoms with Gasteiger partial charge in [0.05, 0.1) is 5.56 Å². The third kappa shape index (κ3) is 3.12. The first-order valence-electron chi connectivity index (χ1n) is 5.13. The van der Waals surface area contributed by atoms with Crippen LogP contribution in [0.25, 0.3) is 0 Å². The molecule has 3 heteroatoms. The van der Waals surface area contributed by atoms with Crippen molar-refractivity contribution in [2.75, 3.05) is 0 Å². The van der Waals surface area contributed by atoms with Crippen LogP contribution in [-0.4, -0.2) is 0 Å². The van der Waals surface area contributed by atoms with E-state index in [1.807, 2.05) is 18.2 Å². The molecule has 0 aliphatic heterocycles. The molecule has 0 aliphatic rings. The maximum Gasteiger partial charge on any atom is 0.100 e. The molecule has 0 aliphatic carbocycles. The first-order chi connectivity index (χ1) is 8.19. The third-order valence-electron chi connectivity index (χ3n) is 2.32. The van der Waals surface area contributed by atoms with E-state index in [-0.39, 0.29) is 0 Å². The molecule has 0 heterocycles. The average Bonchev–Trinajstić information content (AvgIpc) is 2.32. The lowest BCUT2D eigenvalue weighted by Crippen LogP contribution is -1.79. The lowest BCUT2D eigenvalue weighted by atomic mass is 10.2. The first kappa shape index (κ1) is 12.2. The second kappa shape index (κ2) is 5.39.